The van der Waals surface area contributed by atoms with Crippen molar-refractivity contribution in [3.8, 4) is 0 Å². The lowest BCUT2D eigenvalue weighted by Crippen LogP contribution is -2.42. The molecule has 2 heterocycles. The molecule has 0 saturated carbocycles. The topological polar surface area (TPSA) is 45.2 Å². The fraction of sp³-hybridized carbons (Fsp3) is 0.600. The van der Waals surface area contributed by atoms with Crippen molar-refractivity contribution in [2.24, 2.45) is 11.8 Å². The number of carbonyl (C=O) groups is 1. The Labute approximate surface area is 125 Å². The molecule has 1 aliphatic heterocycles. The van der Waals surface area contributed by atoms with Crippen LogP contribution in [0.2, 0.25) is 5.15 Å². The largest absolute Gasteiger partial charge is 0.370 e. The van der Waals surface area contributed by atoms with E-state index >= 15 is 0 Å². The summed E-state index contributed by atoms with van der Waals surface area (Å²) in [7, 11) is 0. The first-order valence-electron chi connectivity index (χ1n) is 7.20. The highest BCUT2D eigenvalue weighted by Gasteiger charge is 2.26. The average Bonchev–Trinajstić information content (AvgIpc) is 2.36. The van der Waals surface area contributed by atoms with E-state index in [-0.39, 0.29) is 5.91 Å². The summed E-state index contributed by atoms with van der Waals surface area (Å²) >= 11 is 6.00. The highest BCUT2D eigenvalue weighted by atomic mass is 35.5. The number of amides is 1. The first-order valence-corrected chi connectivity index (χ1v) is 7.58. The number of rotatable bonds is 3. The standard InChI is InChI=1S/C15H22ClN3O/c1-4-17-14-7-12(6-13(16)18-14)15(20)19-8-10(2)5-11(3)9-19/h6-7,10-11H,4-5,8-9H2,1-3H3,(H,17,18). The summed E-state index contributed by atoms with van der Waals surface area (Å²) in [6.45, 7) is 8.76. The maximum absolute atomic E-state index is 12.6. The Balaban J connectivity index is 2.19. The first-order chi connectivity index (χ1) is 9.49. The van der Waals surface area contributed by atoms with E-state index in [0.29, 0.717) is 28.4 Å². The van der Waals surface area contributed by atoms with Crippen LogP contribution in [0.15, 0.2) is 12.1 Å². The van der Waals surface area contributed by atoms with Crippen molar-refractivity contribution in [2.75, 3.05) is 25.0 Å². The molecule has 1 amide bonds. The molecule has 110 valence electrons. The zero-order chi connectivity index (χ0) is 14.7. The maximum atomic E-state index is 12.6. The second-order valence-electron chi connectivity index (χ2n) is 5.75. The molecular weight excluding hydrogens is 274 g/mol. The normalized spacial score (nSPS) is 22.7. The zero-order valence-corrected chi connectivity index (χ0v) is 13.1. The van der Waals surface area contributed by atoms with Gasteiger partial charge in [0, 0.05) is 25.2 Å². The number of carbonyl (C=O) groups excluding carboxylic acids is 1. The number of likely N-dealkylation sites (tertiary alicyclic amines) is 1. The minimum atomic E-state index is 0.0480. The van der Waals surface area contributed by atoms with Crippen molar-refractivity contribution in [3.63, 3.8) is 0 Å². The summed E-state index contributed by atoms with van der Waals surface area (Å²) in [5.74, 6) is 1.80. The van der Waals surface area contributed by atoms with Gasteiger partial charge in [0.25, 0.3) is 5.91 Å². The van der Waals surface area contributed by atoms with E-state index in [1.165, 1.54) is 6.42 Å². The van der Waals surface area contributed by atoms with Gasteiger partial charge in [0.1, 0.15) is 11.0 Å². The molecule has 1 aromatic rings. The third-order valence-corrected chi connectivity index (χ3v) is 3.75. The molecule has 1 N–H and O–H groups in total. The molecule has 2 unspecified atom stereocenters. The average molecular weight is 296 g/mol. The predicted octanol–water partition coefficient (Wildman–Crippen LogP) is 3.28. The van der Waals surface area contributed by atoms with Gasteiger partial charge in [0.05, 0.1) is 0 Å². The summed E-state index contributed by atoms with van der Waals surface area (Å²) in [4.78, 5) is 18.7. The van der Waals surface area contributed by atoms with E-state index in [0.717, 1.165) is 19.6 Å². The number of nitrogens with zero attached hydrogens (tertiary/aromatic N) is 2. The van der Waals surface area contributed by atoms with Crippen LogP contribution in [0.4, 0.5) is 5.82 Å². The first kappa shape index (κ1) is 15.1. The number of hydrogen-bond acceptors (Lipinski definition) is 3. The Kier molecular flexibility index (Phi) is 4.86. The number of aromatic nitrogens is 1. The Hall–Kier alpha value is -1.29. The quantitative estimate of drug-likeness (QED) is 0.870. The fourth-order valence-corrected chi connectivity index (χ4v) is 3.11. The second kappa shape index (κ2) is 6.44. The molecule has 2 rings (SSSR count). The van der Waals surface area contributed by atoms with Crippen LogP contribution >= 0.6 is 11.6 Å². The van der Waals surface area contributed by atoms with E-state index in [9.17, 15) is 4.79 Å². The Morgan fingerprint density at radius 2 is 2.05 bits per heavy atom. The third-order valence-electron chi connectivity index (χ3n) is 3.56. The van der Waals surface area contributed by atoms with Gasteiger partial charge in [-0.25, -0.2) is 4.98 Å². The summed E-state index contributed by atoms with van der Waals surface area (Å²) in [5.41, 5.74) is 0.613. The molecule has 20 heavy (non-hydrogen) atoms. The summed E-state index contributed by atoms with van der Waals surface area (Å²) in [5, 5.41) is 3.45. The van der Waals surface area contributed by atoms with Crippen LogP contribution in [0.5, 0.6) is 0 Å². The lowest BCUT2D eigenvalue weighted by Gasteiger charge is -2.35. The molecule has 0 aromatic carbocycles. The lowest BCUT2D eigenvalue weighted by molar-refractivity contribution is 0.0623. The van der Waals surface area contributed by atoms with Gasteiger partial charge in [-0.3, -0.25) is 4.79 Å². The van der Waals surface area contributed by atoms with E-state index < -0.39 is 0 Å². The molecule has 0 radical (unpaired) electrons. The van der Waals surface area contributed by atoms with Crippen LogP contribution in [-0.2, 0) is 0 Å². The molecule has 5 heteroatoms. The van der Waals surface area contributed by atoms with E-state index in [4.69, 9.17) is 11.6 Å². The molecular formula is C15H22ClN3O. The van der Waals surface area contributed by atoms with Crippen molar-refractivity contribution < 1.29 is 4.79 Å². The minimum absolute atomic E-state index is 0.0480. The summed E-state index contributed by atoms with van der Waals surface area (Å²) < 4.78 is 0. The van der Waals surface area contributed by atoms with Crippen LogP contribution in [0.3, 0.4) is 0 Å². The Morgan fingerprint density at radius 1 is 1.40 bits per heavy atom. The zero-order valence-electron chi connectivity index (χ0n) is 12.3. The van der Waals surface area contributed by atoms with Crippen molar-refractivity contribution in [1.82, 2.24) is 9.88 Å². The Morgan fingerprint density at radius 3 is 2.65 bits per heavy atom. The van der Waals surface area contributed by atoms with Crippen molar-refractivity contribution in [1.29, 1.82) is 0 Å². The molecule has 0 spiro atoms. The summed E-state index contributed by atoms with van der Waals surface area (Å²) in [6, 6.07) is 3.43. The van der Waals surface area contributed by atoms with Crippen LogP contribution in [0.1, 0.15) is 37.6 Å². The third kappa shape index (κ3) is 3.63. The van der Waals surface area contributed by atoms with Gasteiger partial charge in [0.2, 0.25) is 0 Å². The van der Waals surface area contributed by atoms with Crippen LogP contribution in [0, 0.1) is 11.8 Å². The number of hydrogen-bond donors (Lipinski definition) is 1. The smallest absolute Gasteiger partial charge is 0.254 e. The van der Waals surface area contributed by atoms with Crippen LogP contribution in [0.25, 0.3) is 0 Å². The molecule has 1 fully saturated rings. The molecule has 1 aromatic heterocycles. The van der Waals surface area contributed by atoms with Crippen LogP contribution < -0.4 is 5.32 Å². The monoisotopic (exact) mass is 295 g/mol. The predicted molar refractivity (Wildman–Crippen MR) is 82.3 cm³/mol. The number of nitrogens with one attached hydrogen (secondary N) is 1. The van der Waals surface area contributed by atoms with E-state index in [2.05, 4.69) is 24.1 Å². The van der Waals surface area contributed by atoms with Gasteiger partial charge in [-0.1, -0.05) is 25.4 Å². The van der Waals surface area contributed by atoms with Crippen LogP contribution in [-0.4, -0.2) is 35.4 Å². The van der Waals surface area contributed by atoms with Crippen molar-refractivity contribution >= 4 is 23.3 Å². The molecule has 1 aliphatic rings. The maximum Gasteiger partial charge on any atom is 0.254 e. The number of anilines is 1. The number of pyridine rings is 1. The van der Waals surface area contributed by atoms with Crippen molar-refractivity contribution in [3.05, 3.63) is 22.8 Å². The highest BCUT2D eigenvalue weighted by Crippen LogP contribution is 2.24. The van der Waals surface area contributed by atoms with Crippen molar-refractivity contribution in [2.45, 2.75) is 27.2 Å². The SMILES string of the molecule is CCNc1cc(C(=O)N2CC(C)CC(C)C2)cc(Cl)n1. The number of halogens is 1. The molecule has 0 bridgehead atoms. The molecule has 0 aliphatic carbocycles. The van der Waals surface area contributed by atoms with Gasteiger partial charge in [-0.05, 0) is 37.3 Å². The fourth-order valence-electron chi connectivity index (χ4n) is 2.90. The summed E-state index contributed by atoms with van der Waals surface area (Å²) in [6.07, 6.45) is 1.18. The molecule has 2 atom stereocenters. The van der Waals surface area contributed by atoms with E-state index in [1.807, 2.05) is 11.8 Å². The van der Waals surface area contributed by atoms with Gasteiger partial charge >= 0.3 is 0 Å². The van der Waals surface area contributed by atoms with Gasteiger partial charge in [0.15, 0.2) is 0 Å². The van der Waals surface area contributed by atoms with Gasteiger partial charge in [-0.15, -0.1) is 0 Å². The Bertz CT molecular complexity index is 482. The lowest BCUT2D eigenvalue weighted by atomic mass is 9.91. The minimum Gasteiger partial charge on any atom is -0.370 e. The second-order valence-corrected chi connectivity index (χ2v) is 6.14. The molecule has 4 nitrogen and oxygen atoms in total. The van der Waals surface area contributed by atoms with E-state index in [1.54, 1.807) is 12.1 Å². The van der Waals surface area contributed by atoms with Gasteiger partial charge < -0.3 is 10.2 Å². The van der Waals surface area contributed by atoms with Gasteiger partial charge in [-0.2, -0.15) is 0 Å². The number of piperidine rings is 1. The molecule has 1 saturated heterocycles. The highest BCUT2D eigenvalue weighted by molar-refractivity contribution is 6.29.